The summed E-state index contributed by atoms with van der Waals surface area (Å²) in [7, 11) is 0. The predicted octanol–water partition coefficient (Wildman–Crippen LogP) is 4.26. The molecule has 20 heavy (non-hydrogen) atoms. The summed E-state index contributed by atoms with van der Waals surface area (Å²) < 4.78 is 2.15. The van der Waals surface area contributed by atoms with Gasteiger partial charge in [0.05, 0.1) is 17.3 Å². The minimum absolute atomic E-state index is 0.560. The van der Waals surface area contributed by atoms with Crippen LogP contribution in [0.15, 0.2) is 12.3 Å². The van der Waals surface area contributed by atoms with Gasteiger partial charge < -0.3 is 5.11 Å². The third-order valence-corrected chi connectivity index (χ3v) is 4.55. The van der Waals surface area contributed by atoms with Crippen molar-refractivity contribution in [1.82, 2.24) is 9.78 Å². The first kappa shape index (κ1) is 15.6. The van der Waals surface area contributed by atoms with E-state index in [1.54, 1.807) is 0 Å². The zero-order valence-corrected chi connectivity index (χ0v) is 13.1. The Morgan fingerprint density at radius 1 is 1.20 bits per heavy atom. The molecule has 0 amide bonds. The second-order valence-corrected chi connectivity index (χ2v) is 6.48. The molecule has 1 aliphatic carbocycles. The molecule has 1 aliphatic rings. The molecule has 1 aromatic rings. The van der Waals surface area contributed by atoms with Gasteiger partial charge in [-0.05, 0) is 31.7 Å². The van der Waals surface area contributed by atoms with E-state index < -0.39 is 5.60 Å². The highest BCUT2D eigenvalue weighted by Crippen LogP contribution is 2.28. The molecule has 0 aliphatic heterocycles. The summed E-state index contributed by atoms with van der Waals surface area (Å²) in [4.78, 5) is 0. The smallest absolute Gasteiger partial charge is 0.0703 e. The first-order chi connectivity index (χ1) is 9.67. The summed E-state index contributed by atoms with van der Waals surface area (Å²) in [6.07, 6.45) is 13.2. The van der Waals surface area contributed by atoms with Crippen molar-refractivity contribution < 1.29 is 5.11 Å². The molecule has 0 radical (unpaired) electrons. The zero-order valence-electron chi connectivity index (χ0n) is 13.1. The third-order valence-electron chi connectivity index (χ3n) is 4.55. The monoisotopic (exact) mass is 278 g/mol. The minimum Gasteiger partial charge on any atom is -0.389 e. The molecule has 3 heteroatoms. The van der Waals surface area contributed by atoms with Crippen LogP contribution < -0.4 is 0 Å². The Kier molecular flexibility index (Phi) is 5.64. The summed E-state index contributed by atoms with van der Waals surface area (Å²) >= 11 is 0. The lowest BCUT2D eigenvalue weighted by Crippen LogP contribution is -2.31. The molecule has 0 atom stereocenters. The Balaban J connectivity index is 2.00. The molecule has 1 heterocycles. The molecule has 0 unspecified atom stereocenters. The Morgan fingerprint density at radius 2 is 1.85 bits per heavy atom. The topological polar surface area (TPSA) is 38.0 Å². The van der Waals surface area contributed by atoms with E-state index in [-0.39, 0.29) is 0 Å². The molecule has 1 saturated carbocycles. The molecule has 0 saturated heterocycles. The van der Waals surface area contributed by atoms with Gasteiger partial charge in [0.15, 0.2) is 0 Å². The highest BCUT2D eigenvalue weighted by molar-refractivity contribution is 5.05. The maximum atomic E-state index is 10.7. The van der Waals surface area contributed by atoms with E-state index in [2.05, 4.69) is 30.8 Å². The fraction of sp³-hybridized carbons (Fsp3) is 0.824. The summed E-state index contributed by atoms with van der Waals surface area (Å²) in [5.41, 5.74) is 0.495. The van der Waals surface area contributed by atoms with E-state index in [1.165, 1.54) is 32.1 Å². The molecular formula is C17H30N2O. The molecular weight excluding hydrogens is 248 g/mol. The van der Waals surface area contributed by atoms with Crippen LogP contribution in [0.25, 0.3) is 0 Å². The zero-order chi connectivity index (χ0) is 14.4. The van der Waals surface area contributed by atoms with Crippen LogP contribution in [0.1, 0.15) is 83.4 Å². The number of nitrogens with zero attached hydrogens (tertiary/aromatic N) is 2. The fourth-order valence-electron chi connectivity index (χ4n) is 3.59. The Bertz CT molecular complexity index is 387. The Hall–Kier alpha value is -0.830. The van der Waals surface area contributed by atoms with E-state index in [0.717, 1.165) is 31.4 Å². The van der Waals surface area contributed by atoms with Crippen molar-refractivity contribution in [2.24, 2.45) is 0 Å². The Morgan fingerprint density at radius 3 is 2.45 bits per heavy atom. The highest BCUT2D eigenvalue weighted by atomic mass is 16.3. The van der Waals surface area contributed by atoms with Gasteiger partial charge in [-0.3, -0.25) is 4.68 Å². The van der Waals surface area contributed by atoms with Gasteiger partial charge in [0.1, 0.15) is 0 Å². The van der Waals surface area contributed by atoms with Crippen molar-refractivity contribution in [2.75, 3.05) is 0 Å². The van der Waals surface area contributed by atoms with Crippen LogP contribution in [-0.4, -0.2) is 20.5 Å². The average Bonchev–Trinajstić information content (AvgIpc) is 2.88. The fourth-order valence-corrected chi connectivity index (χ4v) is 3.59. The lowest BCUT2D eigenvalue weighted by molar-refractivity contribution is 0.0205. The second-order valence-electron chi connectivity index (χ2n) is 6.48. The maximum Gasteiger partial charge on any atom is 0.0703 e. The maximum absolute atomic E-state index is 10.7. The van der Waals surface area contributed by atoms with Gasteiger partial charge in [-0.25, -0.2) is 0 Å². The third kappa shape index (κ3) is 4.08. The molecule has 114 valence electrons. The van der Waals surface area contributed by atoms with Crippen molar-refractivity contribution in [2.45, 2.75) is 89.7 Å². The van der Waals surface area contributed by atoms with Crippen molar-refractivity contribution in [3.63, 3.8) is 0 Å². The minimum atomic E-state index is -0.560. The Labute approximate surface area is 123 Å². The summed E-state index contributed by atoms with van der Waals surface area (Å²) in [5.74, 6) is 0. The van der Waals surface area contributed by atoms with Gasteiger partial charge in [-0.1, -0.05) is 46.0 Å². The van der Waals surface area contributed by atoms with Gasteiger partial charge in [0, 0.05) is 12.6 Å². The molecule has 1 N–H and O–H groups in total. The normalized spacial score (nSPS) is 17.6. The van der Waals surface area contributed by atoms with Crippen LogP contribution in [0.5, 0.6) is 0 Å². The first-order valence-electron chi connectivity index (χ1n) is 8.43. The van der Waals surface area contributed by atoms with Gasteiger partial charge in [0.25, 0.3) is 0 Å². The van der Waals surface area contributed by atoms with Gasteiger partial charge in [0.2, 0.25) is 0 Å². The summed E-state index contributed by atoms with van der Waals surface area (Å²) in [5, 5.41) is 15.5. The van der Waals surface area contributed by atoms with Gasteiger partial charge >= 0.3 is 0 Å². The SMILES string of the molecule is CCCC(O)(CCC)Cc1ccn(C2CCCCC2)n1. The predicted molar refractivity (Wildman–Crippen MR) is 82.8 cm³/mol. The number of hydrogen-bond donors (Lipinski definition) is 1. The van der Waals surface area contributed by atoms with Gasteiger partial charge in [-0.15, -0.1) is 0 Å². The number of rotatable bonds is 7. The van der Waals surface area contributed by atoms with Crippen LogP contribution in [0.4, 0.5) is 0 Å². The lowest BCUT2D eigenvalue weighted by atomic mass is 9.88. The molecule has 0 bridgehead atoms. The average molecular weight is 278 g/mol. The molecule has 1 fully saturated rings. The molecule has 2 rings (SSSR count). The number of aromatic nitrogens is 2. The van der Waals surface area contributed by atoms with E-state index >= 15 is 0 Å². The van der Waals surface area contributed by atoms with Crippen molar-refractivity contribution in [1.29, 1.82) is 0 Å². The number of aliphatic hydroxyl groups is 1. The summed E-state index contributed by atoms with van der Waals surface area (Å²) in [6, 6.07) is 2.69. The second kappa shape index (κ2) is 7.26. The van der Waals surface area contributed by atoms with Crippen molar-refractivity contribution >= 4 is 0 Å². The standard InChI is InChI=1S/C17H30N2O/c1-3-11-17(20,12-4-2)14-15-10-13-19(18-15)16-8-6-5-7-9-16/h10,13,16,20H,3-9,11-12,14H2,1-2H3. The van der Waals surface area contributed by atoms with Crippen LogP contribution >= 0.6 is 0 Å². The lowest BCUT2D eigenvalue weighted by Gasteiger charge is -2.27. The van der Waals surface area contributed by atoms with E-state index in [0.29, 0.717) is 12.5 Å². The molecule has 3 nitrogen and oxygen atoms in total. The molecule has 1 aromatic heterocycles. The quantitative estimate of drug-likeness (QED) is 0.809. The summed E-state index contributed by atoms with van der Waals surface area (Å²) in [6.45, 7) is 4.28. The highest BCUT2D eigenvalue weighted by Gasteiger charge is 2.26. The molecule has 0 spiro atoms. The van der Waals surface area contributed by atoms with E-state index in [4.69, 9.17) is 5.10 Å². The first-order valence-corrected chi connectivity index (χ1v) is 8.43. The van der Waals surface area contributed by atoms with Crippen molar-refractivity contribution in [3.8, 4) is 0 Å². The van der Waals surface area contributed by atoms with Gasteiger partial charge in [-0.2, -0.15) is 5.10 Å². The van der Waals surface area contributed by atoms with E-state index in [9.17, 15) is 5.11 Å². The van der Waals surface area contributed by atoms with Crippen molar-refractivity contribution in [3.05, 3.63) is 18.0 Å². The molecule has 0 aromatic carbocycles. The van der Waals surface area contributed by atoms with Crippen LogP contribution in [0.3, 0.4) is 0 Å². The number of hydrogen-bond acceptors (Lipinski definition) is 2. The van der Waals surface area contributed by atoms with Crippen LogP contribution in [0, 0.1) is 0 Å². The van der Waals surface area contributed by atoms with E-state index in [1.807, 2.05) is 0 Å². The van der Waals surface area contributed by atoms with Crippen LogP contribution in [-0.2, 0) is 6.42 Å². The van der Waals surface area contributed by atoms with Crippen LogP contribution in [0.2, 0.25) is 0 Å². The largest absolute Gasteiger partial charge is 0.389 e.